The number of nitrogens with zero attached hydrogens (tertiary/aromatic N) is 2. The van der Waals surface area contributed by atoms with Gasteiger partial charge < -0.3 is 14.2 Å². The van der Waals surface area contributed by atoms with Crippen LogP contribution in [-0.2, 0) is 16.1 Å². The first-order valence-electron chi connectivity index (χ1n) is 9.97. The van der Waals surface area contributed by atoms with Gasteiger partial charge in [-0.15, -0.1) is 0 Å². The van der Waals surface area contributed by atoms with Crippen LogP contribution in [0.5, 0.6) is 11.5 Å². The number of esters is 1. The van der Waals surface area contributed by atoms with Crippen LogP contribution in [0, 0.1) is 10.1 Å². The standard InChI is InChI=1S/C24H15Cl3N2O6/c1-33-22-10-13(3-7-21(22)34-12-14-2-5-18(26)19(27)8-14)9-20-24(30)35-23(28-20)16-11-15(29(31)32)4-6-17(16)25/h2-11H,12H2,1H3/b20-9-. The van der Waals surface area contributed by atoms with E-state index in [4.69, 9.17) is 49.0 Å². The molecular formula is C24H15Cl3N2O6. The largest absolute Gasteiger partial charge is 0.493 e. The van der Waals surface area contributed by atoms with E-state index in [0.29, 0.717) is 27.1 Å². The lowest BCUT2D eigenvalue weighted by Gasteiger charge is -2.12. The number of carbonyl (C=O) groups is 1. The molecule has 4 rings (SSSR count). The summed E-state index contributed by atoms with van der Waals surface area (Å²) in [6.45, 7) is 0.234. The number of methoxy groups -OCH3 is 1. The second-order valence-corrected chi connectivity index (χ2v) is 8.43. The number of nitro benzene ring substituents is 1. The van der Waals surface area contributed by atoms with Crippen molar-refractivity contribution in [1.82, 2.24) is 0 Å². The van der Waals surface area contributed by atoms with Gasteiger partial charge in [-0.2, -0.15) is 0 Å². The summed E-state index contributed by atoms with van der Waals surface area (Å²) in [4.78, 5) is 27.0. The first kappa shape index (κ1) is 24.5. The molecular weight excluding hydrogens is 519 g/mol. The molecule has 1 heterocycles. The highest BCUT2D eigenvalue weighted by Gasteiger charge is 2.27. The zero-order valence-electron chi connectivity index (χ0n) is 18.0. The van der Waals surface area contributed by atoms with Gasteiger partial charge in [-0.05, 0) is 47.5 Å². The minimum atomic E-state index is -0.721. The molecule has 0 fully saturated rings. The van der Waals surface area contributed by atoms with E-state index in [1.54, 1.807) is 36.4 Å². The average molecular weight is 534 g/mol. The minimum Gasteiger partial charge on any atom is -0.493 e. The smallest absolute Gasteiger partial charge is 0.363 e. The van der Waals surface area contributed by atoms with Gasteiger partial charge in [0, 0.05) is 12.1 Å². The monoisotopic (exact) mass is 532 g/mol. The van der Waals surface area contributed by atoms with Crippen LogP contribution in [0.4, 0.5) is 5.69 Å². The first-order valence-corrected chi connectivity index (χ1v) is 11.1. The number of hydrogen-bond acceptors (Lipinski definition) is 7. The molecule has 8 nitrogen and oxygen atoms in total. The number of benzene rings is 3. The Bertz CT molecular complexity index is 1400. The quantitative estimate of drug-likeness (QED) is 0.149. The molecule has 1 aliphatic rings. The van der Waals surface area contributed by atoms with Crippen molar-refractivity contribution in [2.75, 3.05) is 7.11 Å². The Hall–Kier alpha value is -3.59. The Kier molecular flexibility index (Phi) is 7.25. The van der Waals surface area contributed by atoms with Gasteiger partial charge in [0.1, 0.15) is 6.61 Å². The van der Waals surface area contributed by atoms with E-state index in [-0.39, 0.29) is 34.5 Å². The summed E-state index contributed by atoms with van der Waals surface area (Å²) in [6, 6.07) is 14.0. The van der Waals surface area contributed by atoms with Crippen molar-refractivity contribution in [3.8, 4) is 11.5 Å². The third kappa shape index (κ3) is 5.57. The van der Waals surface area contributed by atoms with Crippen LogP contribution in [0.1, 0.15) is 16.7 Å². The van der Waals surface area contributed by atoms with Crippen molar-refractivity contribution >= 4 is 58.4 Å². The molecule has 0 unspecified atom stereocenters. The lowest BCUT2D eigenvalue weighted by atomic mass is 10.1. The van der Waals surface area contributed by atoms with Gasteiger partial charge in [0.25, 0.3) is 5.69 Å². The average Bonchev–Trinajstić information content (AvgIpc) is 3.20. The number of aliphatic imine (C=N–C) groups is 1. The fraction of sp³-hybridized carbons (Fsp3) is 0.0833. The number of ether oxygens (including phenoxy) is 3. The third-order valence-corrected chi connectivity index (χ3v) is 5.95. The van der Waals surface area contributed by atoms with Crippen molar-refractivity contribution < 1.29 is 23.9 Å². The van der Waals surface area contributed by atoms with E-state index >= 15 is 0 Å². The van der Waals surface area contributed by atoms with Gasteiger partial charge >= 0.3 is 5.97 Å². The SMILES string of the molecule is COc1cc(/C=C2\N=C(c3cc([N+](=O)[O-])ccc3Cl)OC2=O)ccc1OCc1ccc(Cl)c(Cl)c1. The van der Waals surface area contributed by atoms with E-state index in [1.165, 1.54) is 31.4 Å². The van der Waals surface area contributed by atoms with Gasteiger partial charge in [-0.1, -0.05) is 46.9 Å². The molecule has 0 atom stereocenters. The van der Waals surface area contributed by atoms with Crippen LogP contribution in [0.15, 0.2) is 65.3 Å². The van der Waals surface area contributed by atoms with E-state index in [2.05, 4.69) is 4.99 Å². The Balaban J connectivity index is 1.56. The van der Waals surface area contributed by atoms with Crippen LogP contribution < -0.4 is 9.47 Å². The van der Waals surface area contributed by atoms with Crippen molar-refractivity contribution in [2.24, 2.45) is 4.99 Å². The predicted molar refractivity (Wildman–Crippen MR) is 133 cm³/mol. The van der Waals surface area contributed by atoms with E-state index in [9.17, 15) is 14.9 Å². The second kappa shape index (κ2) is 10.4. The van der Waals surface area contributed by atoms with Crippen LogP contribution in [0.2, 0.25) is 15.1 Å². The first-order chi connectivity index (χ1) is 16.7. The van der Waals surface area contributed by atoms with Gasteiger partial charge in [0.15, 0.2) is 17.2 Å². The molecule has 0 aromatic heterocycles. The highest BCUT2D eigenvalue weighted by Crippen LogP contribution is 2.32. The van der Waals surface area contributed by atoms with Gasteiger partial charge in [-0.25, -0.2) is 9.79 Å². The fourth-order valence-electron chi connectivity index (χ4n) is 3.16. The van der Waals surface area contributed by atoms with Gasteiger partial charge in [0.05, 0.1) is 32.7 Å². The summed E-state index contributed by atoms with van der Waals surface area (Å²) in [5.41, 5.74) is 1.34. The maximum atomic E-state index is 12.4. The number of non-ortho nitro benzene ring substituents is 1. The van der Waals surface area contributed by atoms with Crippen LogP contribution >= 0.6 is 34.8 Å². The number of halogens is 3. The summed E-state index contributed by atoms with van der Waals surface area (Å²) in [7, 11) is 1.49. The molecule has 0 amide bonds. The van der Waals surface area contributed by atoms with Crippen molar-refractivity contribution in [3.05, 3.63) is 102 Å². The second-order valence-electron chi connectivity index (χ2n) is 7.20. The maximum absolute atomic E-state index is 12.4. The zero-order valence-corrected chi connectivity index (χ0v) is 20.2. The molecule has 0 saturated carbocycles. The number of rotatable bonds is 7. The molecule has 0 aliphatic carbocycles. The highest BCUT2D eigenvalue weighted by molar-refractivity contribution is 6.42. The number of cyclic esters (lactones) is 1. The van der Waals surface area contributed by atoms with Crippen LogP contribution in [-0.4, -0.2) is 23.9 Å². The van der Waals surface area contributed by atoms with Crippen molar-refractivity contribution in [2.45, 2.75) is 6.61 Å². The molecule has 0 bridgehead atoms. The molecule has 178 valence electrons. The third-order valence-electron chi connectivity index (χ3n) is 4.88. The number of nitro groups is 1. The zero-order chi connectivity index (χ0) is 25.1. The molecule has 3 aromatic carbocycles. The fourth-order valence-corrected chi connectivity index (χ4v) is 3.68. The lowest BCUT2D eigenvalue weighted by molar-refractivity contribution is -0.384. The summed E-state index contributed by atoms with van der Waals surface area (Å²) in [6.07, 6.45) is 1.49. The molecule has 3 aromatic rings. The number of carbonyl (C=O) groups excluding carboxylic acids is 1. The Morgan fingerprint density at radius 2 is 1.77 bits per heavy atom. The minimum absolute atomic E-state index is 0.00546. The van der Waals surface area contributed by atoms with Crippen LogP contribution in [0.3, 0.4) is 0 Å². The molecule has 35 heavy (non-hydrogen) atoms. The molecule has 11 heteroatoms. The molecule has 0 saturated heterocycles. The lowest BCUT2D eigenvalue weighted by Crippen LogP contribution is -2.06. The molecule has 0 radical (unpaired) electrons. The normalized spacial score (nSPS) is 14.0. The van der Waals surface area contributed by atoms with Gasteiger partial charge in [0.2, 0.25) is 5.90 Å². The summed E-state index contributed by atoms with van der Waals surface area (Å²) < 4.78 is 16.4. The Morgan fingerprint density at radius 1 is 1.00 bits per heavy atom. The van der Waals surface area contributed by atoms with Crippen LogP contribution in [0.25, 0.3) is 6.08 Å². The summed E-state index contributed by atoms with van der Waals surface area (Å²) in [5.74, 6) is 0.0592. The molecule has 0 spiro atoms. The van der Waals surface area contributed by atoms with Gasteiger partial charge in [-0.3, -0.25) is 10.1 Å². The highest BCUT2D eigenvalue weighted by atomic mass is 35.5. The van der Waals surface area contributed by atoms with Crippen molar-refractivity contribution in [1.29, 1.82) is 0 Å². The predicted octanol–water partition coefficient (Wildman–Crippen LogP) is 6.49. The van der Waals surface area contributed by atoms with E-state index in [1.807, 2.05) is 0 Å². The van der Waals surface area contributed by atoms with E-state index in [0.717, 1.165) is 5.56 Å². The molecule has 0 N–H and O–H groups in total. The Morgan fingerprint density at radius 3 is 2.49 bits per heavy atom. The molecule has 1 aliphatic heterocycles. The Labute approximate surface area is 214 Å². The van der Waals surface area contributed by atoms with Crippen molar-refractivity contribution in [3.63, 3.8) is 0 Å². The topological polar surface area (TPSA) is 100 Å². The summed E-state index contributed by atoms with van der Waals surface area (Å²) in [5, 5.41) is 12.1. The summed E-state index contributed by atoms with van der Waals surface area (Å²) >= 11 is 18.1. The number of hydrogen-bond donors (Lipinski definition) is 0. The maximum Gasteiger partial charge on any atom is 0.363 e. The van der Waals surface area contributed by atoms with E-state index < -0.39 is 10.9 Å².